The summed E-state index contributed by atoms with van der Waals surface area (Å²) in [6.07, 6.45) is -14.9. The van der Waals surface area contributed by atoms with E-state index < -0.39 is 91.7 Å². The number of nitrogens with two attached hydrogens (primary N) is 3. The third-order valence-corrected chi connectivity index (χ3v) is 6.66. The van der Waals surface area contributed by atoms with Gasteiger partial charge in [-0.2, -0.15) is 0 Å². The summed E-state index contributed by atoms with van der Waals surface area (Å²) < 4.78 is 16.9. The molecule has 15 nitrogen and oxygen atoms in total. The Balaban J connectivity index is 1.75. The zero-order valence-corrected chi connectivity index (χ0v) is 19.0. The van der Waals surface area contributed by atoms with Gasteiger partial charge in [-0.15, -0.1) is 0 Å². The lowest BCUT2D eigenvalue weighted by molar-refractivity contribution is -0.431. The normalized spacial score (nSPS) is 50.9. The van der Waals surface area contributed by atoms with Crippen molar-refractivity contribution < 1.29 is 54.6 Å². The van der Waals surface area contributed by atoms with E-state index in [-0.39, 0.29) is 13.0 Å². The summed E-state index contributed by atoms with van der Waals surface area (Å²) in [5, 5.41) is 64.2. The molecule has 0 bridgehead atoms. The highest BCUT2D eigenvalue weighted by molar-refractivity contribution is 5.01. The molecule has 1 saturated carbocycles. The second-order valence-electron chi connectivity index (χ2n) is 9.07. The fraction of sp³-hybridized carbons (Fsp3) is 1.00. The lowest BCUT2D eigenvalue weighted by Crippen LogP contribution is -2.68. The van der Waals surface area contributed by atoms with Crippen molar-refractivity contribution in [1.82, 2.24) is 5.32 Å². The minimum absolute atomic E-state index is 0.0713. The van der Waals surface area contributed by atoms with Gasteiger partial charge in [0.1, 0.15) is 54.9 Å². The Bertz CT molecular complexity index is 651. The molecule has 2 aliphatic heterocycles. The van der Waals surface area contributed by atoms with E-state index in [9.17, 15) is 30.6 Å². The highest BCUT2D eigenvalue weighted by Crippen LogP contribution is 2.31. The number of likely N-dealkylation sites (N-methyl/N-ethyl adjacent to an activating group) is 1. The quantitative estimate of drug-likeness (QED) is 0.110. The average molecular weight is 499 g/mol. The lowest BCUT2D eigenvalue weighted by Gasteiger charge is -2.47. The Morgan fingerprint density at radius 2 is 1.59 bits per heavy atom. The molecule has 1 aliphatic carbocycles. The fourth-order valence-electron chi connectivity index (χ4n) is 4.51. The van der Waals surface area contributed by atoms with Crippen LogP contribution in [-0.2, 0) is 24.0 Å². The van der Waals surface area contributed by atoms with E-state index >= 15 is 0 Å². The first-order valence-corrected chi connectivity index (χ1v) is 11.3. The Kier molecular flexibility index (Phi) is 9.57. The maximum absolute atomic E-state index is 10.9. The first-order valence-electron chi connectivity index (χ1n) is 11.3. The molecule has 200 valence electrons. The number of aliphatic hydroxyl groups is 6. The largest absolute Gasteiger partial charge is 0.391 e. The van der Waals surface area contributed by atoms with Crippen LogP contribution in [0.4, 0.5) is 0 Å². The van der Waals surface area contributed by atoms with E-state index in [0.29, 0.717) is 0 Å². The van der Waals surface area contributed by atoms with Crippen molar-refractivity contribution in [2.75, 3.05) is 13.6 Å². The zero-order valence-electron chi connectivity index (χ0n) is 19.0. The van der Waals surface area contributed by atoms with Gasteiger partial charge in [-0.05, 0) is 20.4 Å². The molecule has 13 N–H and O–H groups in total. The summed E-state index contributed by atoms with van der Waals surface area (Å²) in [4.78, 5) is 10.6. The van der Waals surface area contributed by atoms with Gasteiger partial charge in [0.15, 0.2) is 6.29 Å². The molecule has 3 fully saturated rings. The molecule has 3 aliphatic rings. The third kappa shape index (κ3) is 5.54. The maximum Gasteiger partial charge on any atom is 0.220 e. The van der Waals surface area contributed by atoms with Crippen molar-refractivity contribution in [1.29, 1.82) is 0 Å². The molecular formula is C19H38N4O11. The maximum atomic E-state index is 10.9. The molecule has 6 unspecified atom stereocenters. The van der Waals surface area contributed by atoms with Crippen LogP contribution in [0.1, 0.15) is 13.3 Å². The van der Waals surface area contributed by atoms with Crippen molar-refractivity contribution in [3.8, 4) is 0 Å². The van der Waals surface area contributed by atoms with E-state index in [4.69, 9.17) is 41.2 Å². The van der Waals surface area contributed by atoms with Gasteiger partial charge in [0.05, 0.1) is 12.1 Å². The number of rotatable bonds is 8. The highest BCUT2D eigenvalue weighted by Gasteiger charge is 2.51. The van der Waals surface area contributed by atoms with Crippen LogP contribution in [0.3, 0.4) is 0 Å². The van der Waals surface area contributed by atoms with Crippen LogP contribution in [0.25, 0.3) is 0 Å². The fourth-order valence-corrected chi connectivity index (χ4v) is 4.51. The Morgan fingerprint density at radius 3 is 2.15 bits per heavy atom. The molecule has 0 aromatic heterocycles. The summed E-state index contributed by atoms with van der Waals surface area (Å²) in [7, 11) is 1.62. The second-order valence-corrected chi connectivity index (χ2v) is 9.07. The molecule has 0 aromatic rings. The lowest BCUT2D eigenvalue weighted by atomic mass is 9.84. The van der Waals surface area contributed by atoms with Gasteiger partial charge in [-0.1, -0.05) is 0 Å². The first-order chi connectivity index (χ1) is 16.0. The second kappa shape index (κ2) is 11.6. The molecule has 0 spiro atoms. The van der Waals surface area contributed by atoms with E-state index in [1.54, 1.807) is 7.05 Å². The first kappa shape index (κ1) is 28.0. The number of ether oxygens (including phenoxy) is 3. The van der Waals surface area contributed by atoms with E-state index in [2.05, 4.69) is 5.32 Å². The van der Waals surface area contributed by atoms with Crippen LogP contribution in [0.5, 0.6) is 0 Å². The summed E-state index contributed by atoms with van der Waals surface area (Å²) in [6.45, 7) is 1.30. The molecule has 15 atom stereocenters. The van der Waals surface area contributed by atoms with E-state index in [1.807, 2.05) is 0 Å². The van der Waals surface area contributed by atoms with Crippen molar-refractivity contribution in [2.24, 2.45) is 17.2 Å². The van der Waals surface area contributed by atoms with Crippen LogP contribution in [0.2, 0.25) is 0 Å². The van der Waals surface area contributed by atoms with Gasteiger partial charge in [0.2, 0.25) is 6.29 Å². The minimum atomic E-state index is -1.47. The average Bonchev–Trinajstić information content (AvgIpc) is 3.08. The summed E-state index contributed by atoms with van der Waals surface area (Å²) in [5.41, 5.74) is 17.8. The van der Waals surface area contributed by atoms with Gasteiger partial charge >= 0.3 is 0 Å². The number of nitrogens with one attached hydrogen (secondary N) is 1. The Morgan fingerprint density at radius 1 is 0.912 bits per heavy atom. The van der Waals surface area contributed by atoms with Gasteiger partial charge in [0.25, 0.3) is 0 Å². The molecule has 0 aromatic carbocycles. The van der Waals surface area contributed by atoms with Crippen molar-refractivity contribution in [3.05, 3.63) is 0 Å². The van der Waals surface area contributed by atoms with Crippen molar-refractivity contribution in [2.45, 2.75) is 105 Å². The molecule has 0 radical (unpaired) electrons. The van der Waals surface area contributed by atoms with Gasteiger partial charge in [0, 0.05) is 18.6 Å². The van der Waals surface area contributed by atoms with Crippen LogP contribution < -0.4 is 22.5 Å². The van der Waals surface area contributed by atoms with Gasteiger partial charge in [-0.25, -0.2) is 9.78 Å². The molecular weight excluding hydrogens is 460 g/mol. The minimum Gasteiger partial charge on any atom is -0.391 e. The SMILES string of the molecule is CN[C@@H]1CC(N)[C@@H](O[C@H]2OC(C(C)O)[C@@H](O)[C@H](O)C2N)[C@H](OO[C@@H]2O[C@H](CN)[C@H](O)C2O)C1O. The standard InChI is InChI=1S/C19H38N4O11/c1-5(24)15-13(28)12(27)9(22)18(31-15)32-16-6(21)3-7(23-2)10(25)17(16)33-34-19-14(29)11(26)8(4-20)30-19/h5-19,23-29H,3-4,20-22H2,1-2H3/t5?,6?,7-,8-,9?,10?,11+,12-,13+,14?,15?,16-,17-,18-,19+/m1/s1. The molecule has 0 amide bonds. The van der Waals surface area contributed by atoms with Crippen LogP contribution in [0, 0.1) is 0 Å². The van der Waals surface area contributed by atoms with E-state index in [0.717, 1.165) is 0 Å². The van der Waals surface area contributed by atoms with Crippen molar-refractivity contribution in [3.63, 3.8) is 0 Å². The molecule has 15 heteroatoms. The van der Waals surface area contributed by atoms with Crippen LogP contribution in [-0.4, -0.2) is 136 Å². The Hall–Kier alpha value is -0.600. The topological polar surface area (TPSA) is 258 Å². The predicted molar refractivity (Wildman–Crippen MR) is 112 cm³/mol. The van der Waals surface area contributed by atoms with Gasteiger partial charge in [-0.3, -0.25) is 0 Å². The molecule has 34 heavy (non-hydrogen) atoms. The smallest absolute Gasteiger partial charge is 0.220 e. The highest BCUT2D eigenvalue weighted by atomic mass is 17.2. The predicted octanol–water partition coefficient (Wildman–Crippen LogP) is -6.07. The summed E-state index contributed by atoms with van der Waals surface area (Å²) in [5.74, 6) is 0. The zero-order chi connectivity index (χ0) is 25.3. The van der Waals surface area contributed by atoms with Gasteiger partial charge < -0.3 is 67.4 Å². The summed E-state index contributed by atoms with van der Waals surface area (Å²) in [6, 6.07) is -2.46. The van der Waals surface area contributed by atoms with Crippen molar-refractivity contribution >= 4 is 0 Å². The van der Waals surface area contributed by atoms with E-state index in [1.165, 1.54) is 6.92 Å². The number of hydrogen-bond acceptors (Lipinski definition) is 15. The molecule has 2 heterocycles. The Labute approximate surface area is 196 Å². The monoisotopic (exact) mass is 498 g/mol. The summed E-state index contributed by atoms with van der Waals surface area (Å²) >= 11 is 0. The third-order valence-electron chi connectivity index (χ3n) is 6.66. The molecule has 3 rings (SSSR count). The van der Waals surface area contributed by atoms with Crippen LogP contribution >= 0.6 is 0 Å². The number of aliphatic hydroxyl groups excluding tert-OH is 6. The molecule has 2 saturated heterocycles. The van der Waals surface area contributed by atoms with Crippen LogP contribution in [0.15, 0.2) is 0 Å². The number of hydrogen-bond donors (Lipinski definition) is 10.